The molecule has 3 atom stereocenters. The van der Waals surface area contributed by atoms with Gasteiger partial charge in [0.2, 0.25) is 0 Å². The third-order valence-corrected chi connectivity index (χ3v) is 3.01. The Hall–Kier alpha value is -0.120. The minimum absolute atomic E-state index is 0.109. The Morgan fingerprint density at radius 1 is 1.36 bits per heavy atom. The maximum Gasteiger partial charge on any atom is 0.0580 e. The lowest BCUT2D eigenvalue weighted by Crippen LogP contribution is -2.34. The van der Waals surface area contributed by atoms with Crippen LogP contribution in [-0.2, 0) is 0 Å². The molecule has 1 aliphatic carbocycles. The first-order valence-corrected chi connectivity index (χ1v) is 5.77. The van der Waals surface area contributed by atoms with Gasteiger partial charge < -0.3 is 15.5 Å². The highest BCUT2D eigenvalue weighted by Crippen LogP contribution is 2.23. The number of aliphatic hydroxyl groups excluding tert-OH is 2. The fraction of sp³-hybridized carbons (Fsp3) is 1.00. The molecule has 0 heterocycles. The zero-order valence-electron chi connectivity index (χ0n) is 9.08. The van der Waals surface area contributed by atoms with Crippen molar-refractivity contribution in [1.82, 2.24) is 5.32 Å². The lowest BCUT2D eigenvalue weighted by atomic mass is 9.86. The van der Waals surface area contributed by atoms with Gasteiger partial charge in [-0.25, -0.2) is 0 Å². The molecule has 0 aliphatic heterocycles. The van der Waals surface area contributed by atoms with Crippen LogP contribution in [0.15, 0.2) is 0 Å². The van der Waals surface area contributed by atoms with Crippen LogP contribution in [0.3, 0.4) is 0 Å². The van der Waals surface area contributed by atoms with Crippen LogP contribution in [0.2, 0.25) is 0 Å². The third-order valence-electron chi connectivity index (χ3n) is 3.01. The van der Waals surface area contributed by atoms with Gasteiger partial charge in [0, 0.05) is 6.54 Å². The molecule has 1 saturated carbocycles. The van der Waals surface area contributed by atoms with E-state index in [9.17, 15) is 5.11 Å². The molecule has 14 heavy (non-hydrogen) atoms. The predicted octanol–water partition coefficient (Wildman–Crippen LogP) is 0.898. The summed E-state index contributed by atoms with van der Waals surface area (Å²) >= 11 is 0. The van der Waals surface area contributed by atoms with Crippen LogP contribution in [-0.4, -0.2) is 35.5 Å². The van der Waals surface area contributed by atoms with E-state index in [0.29, 0.717) is 5.92 Å². The molecule has 3 N–H and O–H groups in total. The van der Waals surface area contributed by atoms with Crippen LogP contribution < -0.4 is 5.32 Å². The largest absolute Gasteiger partial charge is 0.393 e. The van der Waals surface area contributed by atoms with Crippen LogP contribution in [0.5, 0.6) is 0 Å². The Kier molecular flexibility index (Phi) is 5.45. The van der Waals surface area contributed by atoms with Crippen molar-refractivity contribution in [1.29, 1.82) is 0 Å². The average Bonchev–Trinajstić information content (AvgIpc) is 2.15. The Balaban J connectivity index is 2.04. The van der Waals surface area contributed by atoms with Gasteiger partial charge in [0.25, 0.3) is 0 Å². The molecule has 1 rings (SSSR count). The number of hydrogen-bond acceptors (Lipinski definition) is 3. The van der Waals surface area contributed by atoms with E-state index in [1.54, 1.807) is 6.92 Å². The summed E-state index contributed by atoms with van der Waals surface area (Å²) in [5, 5.41) is 22.0. The van der Waals surface area contributed by atoms with Gasteiger partial charge in [-0.1, -0.05) is 12.8 Å². The summed E-state index contributed by atoms with van der Waals surface area (Å²) in [6, 6.07) is 0. The minimum atomic E-state index is -0.223. The van der Waals surface area contributed by atoms with Gasteiger partial charge in [-0.15, -0.1) is 0 Å². The average molecular weight is 201 g/mol. The zero-order chi connectivity index (χ0) is 10.4. The normalized spacial score (nSPS) is 30.2. The molecule has 0 radical (unpaired) electrons. The SMILES string of the molecule is CC(O)CCNCC1CCCCC1O. The van der Waals surface area contributed by atoms with Gasteiger partial charge in [-0.3, -0.25) is 0 Å². The van der Waals surface area contributed by atoms with Crippen LogP contribution in [0.4, 0.5) is 0 Å². The first-order chi connectivity index (χ1) is 6.70. The molecule has 0 aromatic carbocycles. The van der Waals surface area contributed by atoms with E-state index < -0.39 is 0 Å². The first kappa shape index (κ1) is 12.0. The topological polar surface area (TPSA) is 52.5 Å². The van der Waals surface area contributed by atoms with E-state index >= 15 is 0 Å². The van der Waals surface area contributed by atoms with Gasteiger partial charge in [-0.05, 0) is 38.6 Å². The lowest BCUT2D eigenvalue weighted by Gasteiger charge is -2.27. The minimum Gasteiger partial charge on any atom is -0.393 e. The smallest absolute Gasteiger partial charge is 0.0580 e. The molecule has 0 aromatic rings. The van der Waals surface area contributed by atoms with Crippen LogP contribution in [0.25, 0.3) is 0 Å². The lowest BCUT2D eigenvalue weighted by molar-refractivity contribution is 0.0691. The summed E-state index contributed by atoms with van der Waals surface area (Å²) in [7, 11) is 0. The standard InChI is InChI=1S/C11H23NO2/c1-9(13)6-7-12-8-10-4-2-3-5-11(10)14/h9-14H,2-8H2,1H3. The summed E-state index contributed by atoms with van der Waals surface area (Å²) < 4.78 is 0. The predicted molar refractivity (Wildman–Crippen MR) is 57.1 cm³/mol. The van der Waals surface area contributed by atoms with E-state index in [4.69, 9.17) is 5.11 Å². The molecule has 3 unspecified atom stereocenters. The van der Waals surface area contributed by atoms with Gasteiger partial charge in [0.15, 0.2) is 0 Å². The van der Waals surface area contributed by atoms with Crippen molar-refractivity contribution in [2.75, 3.05) is 13.1 Å². The summed E-state index contributed by atoms with van der Waals surface area (Å²) in [4.78, 5) is 0. The maximum absolute atomic E-state index is 9.69. The summed E-state index contributed by atoms with van der Waals surface area (Å²) in [6.07, 6.45) is 4.99. The third kappa shape index (κ3) is 4.40. The number of nitrogens with one attached hydrogen (secondary N) is 1. The Bertz CT molecular complexity index is 150. The van der Waals surface area contributed by atoms with Crippen molar-refractivity contribution in [3.8, 4) is 0 Å². The number of rotatable bonds is 5. The molecule has 3 nitrogen and oxygen atoms in total. The highest BCUT2D eigenvalue weighted by atomic mass is 16.3. The van der Waals surface area contributed by atoms with E-state index in [-0.39, 0.29) is 12.2 Å². The highest BCUT2D eigenvalue weighted by molar-refractivity contribution is 4.76. The summed E-state index contributed by atoms with van der Waals surface area (Å²) in [5.41, 5.74) is 0. The zero-order valence-corrected chi connectivity index (χ0v) is 9.08. The van der Waals surface area contributed by atoms with E-state index in [1.165, 1.54) is 12.8 Å². The molecule has 0 saturated heterocycles. The van der Waals surface area contributed by atoms with Gasteiger partial charge >= 0.3 is 0 Å². The van der Waals surface area contributed by atoms with Crippen molar-refractivity contribution in [3.63, 3.8) is 0 Å². The second-order valence-electron chi connectivity index (χ2n) is 4.45. The Labute approximate surface area is 86.5 Å². The summed E-state index contributed by atoms with van der Waals surface area (Å²) in [5.74, 6) is 0.428. The molecule has 1 aliphatic rings. The van der Waals surface area contributed by atoms with Crippen molar-refractivity contribution >= 4 is 0 Å². The van der Waals surface area contributed by atoms with Crippen LogP contribution in [0.1, 0.15) is 39.0 Å². The Morgan fingerprint density at radius 3 is 2.71 bits per heavy atom. The molecule has 1 fully saturated rings. The monoisotopic (exact) mass is 201 g/mol. The first-order valence-electron chi connectivity index (χ1n) is 5.77. The molecular weight excluding hydrogens is 178 g/mol. The molecule has 3 heteroatoms. The van der Waals surface area contributed by atoms with E-state index in [0.717, 1.165) is 32.4 Å². The quantitative estimate of drug-likeness (QED) is 0.579. The number of hydrogen-bond donors (Lipinski definition) is 3. The van der Waals surface area contributed by atoms with Gasteiger partial charge in [0.1, 0.15) is 0 Å². The van der Waals surface area contributed by atoms with Crippen molar-refractivity contribution in [3.05, 3.63) is 0 Å². The summed E-state index contributed by atoms with van der Waals surface area (Å²) in [6.45, 7) is 3.55. The fourth-order valence-corrected chi connectivity index (χ4v) is 2.02. The van der Waals surface area contributed by atoms with E-state index in [1.807, 2.05) is 0 Å². The molecule has 0 bridgehead atoms. The molecule has 0 amide bonds. The maximum atomic E-state index is 9.69. The van der Waals surface area contributed by atoms with Gasteiger partial charge in [-0.2, -0.15) is 0 Å². The van der Waals surface area contributed by atoms with Crippen molar-refractivity contribution in [2.24, 2.45) is 5.92 Å². The molecular formula is C11H23NO2. The Morgan fingerprint density at radius 2 is 2.07 bits per heavy atom. The highest BCUT2D eigenvalue weighted by Gasteiger charge is 2.22. The van der Waals surface area contributed by atoms with Crippen molar-refractivity contribution < 1.29 is 10.2 Å². The molecule has 0 aromatic heterocycles. The van der Waals surface area contributed by atoms with Crippen molar-refractivity contribution in [2.45, 2.75) is 51.2 Å². The van der Waals surface area contributed by atoms with Crippen LogP contribution in [0, 0.1) is 5.92 Å². The van der Waals surface area contributed by atoms with Gasteiger partial charge in [0.05, 0.1) is 12.2 Å². The number of aliphatic hydroxyl groups is 2. The molecule has 0 spiro atoms. The second kappa shape index (κ2) is 6.38. The van der Waals surface area contributed by atoms with Crippen LogP contribution >= 0.6 is 0 Å². The fourth-order valence-electron chi connectivity index (χ4n) is 2.02. The second-order valence-corrected chi connectivity index (χ2v) is 4.45. The molecule has 84 valence electrons. The van der Waals surface area contributed by atoms with E-state index in [2.05, 4.69) is 5.32 Å².